The van der Waals surface area contributed by atoms with Crippen molar-refractivity contribution in [1.29, 1.82) is 0 Å². The molecule has 0 aromatic carbocycles. The minimum absolute atomic E-state index is 0.0528. The minimum Gasteiger partial charge on any atom is -0.392 e. The fourth-order valence-corrected chi connectivity index (χ4v) is 11.6. The molecule has 1 spiro atoms. The first kappa shape index (κ1) is 21.9. The van der Waals surface area contributed by atoms with Crippen LogP contribution in [0, 0.1) is 34.5 Å². The highest BCUT2D eigenvalue weighted by Crippen LogP contribution is 2.83. The van der Waals surface area contributed by atoms with Crippen LogP contribution < -0.4 is 0 Å². The summed E-state index contributed by atoms with van der Waals surface area (Å²) in [7, 11) is 6.95. The van der Waals surface area contributed by atoms with Crippen LogP contribution in [0.4, 0.5) is 0 Å². The lowest BCUT2D eigenvalue weighted by atomic mass is 9.41. The number of fused-ring (bicyclic) bond motifs is 3. The fraction of sp³-hybridized carbons (Fsp3) is 1.00. The molecule has 4 heterocycles. The molecule has 5 aliphatic carbocycles. The van der Waals surface area contributed by atoms with Gasteiger partial charge in [-0.1, -0.05) is 6.92 Å². The molecule has 0 unspecified atom stereocenters. The van der Waals surface area contributed by atoms with Gasteiger partial charge in [0, 0.05) is 63.4 Å². The van der Waals surface area contributed by atoms with Gasteiger partial charge in [-0.25, -0.2) is 0 Å². The molecule has 4 aliphatic heterocycles. The molecule has 0 amide bonds. The number of methoxy groups -OCH3 is 4. The Labute approximate surface area is 195 Å². The van der Waals surface area contributed by atoms with Crippen molar-refractivity contribution in [3.63, 3.8) is 0 Å². The predicted molar refractivity (Wildman–Crippen MR) is 116 cm³/mol. The Kier molecular flexibility index (Phi) is 4.32. The Morgan fingerprint density at radius 2 is 1.94 bits per heavy atom. The summed E-state index contributed by atoms with van der Waals surface area (Å²) >= 11 is 0. The molecule has 2 N–H and O–H groups in total. The lowest BCUT2D eigenvalue weighted by molar-refractivity contribution is -0.411. The average molecular weight is 466 g/mol. The summed E-state index contributed by atoms with van der Waals surface area (Å²) in [6.07, 6.45) is 2.23. The molecule has 0 aromatic rings. The van der Waals surface area contributed by atoms with Gasteiger partial charge in [0.25, 0.3) is 0 Å². The normalized spacial score (nSPS) is 64.1. The zero-order valence-electron chi connectivity index (χ0n) is 20.4. The van der Waals surface area contributed by atoms with Crippen LogP contribution in [-0.4, -0.2) is 105 Å². The second kappa shape index (κ2) is 6.51. The standard InChI is InChI=1S/C25H39NO7/c1-6-26-20-24-13-9-12-14(30-3)10-23(32-5,16(13)17(12)27)25(20,28)19(31-4)18(24)22(11-29-2)8-7-15(24)33-21(22)26/h12-21,27-28H,6-11H2,1-5H3/t12-,13-,14+,15+,16-,17+,18-,19+,20+,21-,22+,23-,24+,25-/m1/s1. The van der Waals surface area contributed by atoms with Gasteiger partial charge in [0.15, 0.2) is 0 Å². The largest absolute Gasteiger partial charge is 0.392 e. The van der Waals surface area contributed by atoms with Crippen molar-refractivity contribution < 1.29 is 33.9 Å². The van der Waals surface area contributed by atoms with Crippen molar-refractivity contribution >= 4 is 0 Å². The van der Waals surface area contributed by atoms with Gasteiger partial charge in [0.05, 0.1) is 37.1 Å². The van der Waals surface area contributed by atoms with Crippen LogP contribution in [0.1, 0.15) is 32.6 Å². The van der Waals surface area contributed by atoms with E-state index in [4.69, 9.17) is 23.7 Å². The summed E-state index contributed by atoms with van der Waals surface area (Å²) < 4.78 is 31.6. The first-order valence-electron chi connectivity index (χ1n) is 12.8. The third-order valence-corrected chi connectivity index (χ3v) is 11.9. The van der Waals surface area contributed by atoms with Gasteiger partial charge in [-0.15, -0.1) is 0 Å². The summed E-state index contributed by atoms with van der Waals surface area (Å²) in [6.45, 7) is 3.52. The van der Waals surface area contributed by atoms with E-state index < -0.39 is 23.4 Å². The van der Waals surface area contributed by atoms with Crippen molar-refractivity contribution in [2.45, 2.75) is 80.5 Å². The Morgan fingerprint density at radius 3 is 2.58 bits per heavy atom. The average Bonchev–Trinajstić information content (AvgIpc) is 3.19. The smallest absolute Gasteiger partial charge is 0.136 e. The molecular formula is C25H39NO7. The van der Waals surface area contributed by atoms with Crippen LogP contribution in [0.3, 0.4) is 0 Å². The van der Waals surface area contributed by atoms with Crippen LogP contribution in [0.25, 0.3) is 0 Å². The topological polar surface area (TPSA) is 89.9 Å². The molecule has 14 atom stereocenters. The molecule has 186 valence electrons. The van der Waals surface area contributed by atoms with Crippen LogP contribution in [-0.2, 0) is 23.7 Å². The number of nitrogens with zero attached hydrogens (tertiary/aromatic N) is 1. The third kappa shape index (κ3) is 1.85. The van der Waals surface area contributed by atoms with E-state index in [-0.39, 0.29) is 59.0 Å². The molecule has 9 bridgehead atoms. The summed E-state index contributed by atoms with van der Waals surface area (Å²) in [5, 5.41) is 24.9. The van der Waals surface area contributed by atoms with Gasteiger partial charge >= 0.3 is 0 Å². The van der Waals surface area contributed by atoms with Crippen molar-refractivity contribution in [2.75, 3.05) is 41.6 Å². The van der Waals surface area contributed by atoms with Gasteiger partial charge < -0.3 is 33.9 Å². The Morgan fingerprint density at radius 1 is 1.15 bits per heavy atom. The fourth-order valence-electron chi connectivity index (χ4n) is 11.6. The molecule has 9 fully saturated rings. The maximum absolute atomic E-state index is 13.2. The summed E-state index contributed by atoms with van der Waals surface area (Å²) in [5.74, 6) is 0.155. The molecule has 9 aliphatic rings. The van der Waals surface area contributed by atoms with E-state index in [9.17, 15) is 10.2 Å². The predicted octanol–water partition coefficient (Wildman–Crippen LogP) is 0.635. The summed E-state index contributed by atoms with van der Waals surface area (Å²) in [4.78, 5) is 2.42. The number of aliphatic hydroxyl groups is 2. The van der Waals surface area contributed by atoms with Crippen molar-refractivity contribution in [3.8, 4) is 0 Å². The molecule has 0 aromatic heterocycles. The summed E-state index contributed by atoms with van der Waals surface area (Å²) in [5.41, 5.74) is -2.78. The van der Waals surface area contributed by atoms with Crippen LogP contribution in [0.15, 0.2) is 0 Å². The maximum Gasteiger partial charge on any atom is 0.136 e. The van der Waals surface area contributed by atoms with Gasteiger partial charge in [-0.05, 0) is 31.7 Å². The Hall–Kier alpha value is -0.320. The number of ether oxygens (including phenoxy) is 5. The molecule has 5 saturated carbocycles. The van der Waals surface area contributed by atoms with Gasteiger partial charge in [0.2, 0.25) is 0 Å². The number of piperidine rings is 1. The maximum atomic E-state index is 13.2. The lowest BCUT2D eigenvalue weighted by Crippen LogP contribution is -2.87. The Bertz CT molecular complexity index is 855. The highest BCUT2D eigenvalue weighted by Gasteiger charge is 2.94. The first-order valence-corrected chi connectivity index (χ1v) is 12.8. The quantitative estimate of drug-likeness (QED) is 0.591. The van der Waals surface area contributed by atoms with E-state index in [1.54, 1.807) is 28.4 Å². The number of aliphatic hydroxyl groups excluding tert-OH is 1. The second-order valence-electron chi connectivity index (χ2n) is 12.0. The van der Waals surface area contributed by atoms with E-state index in [0.717, 1.165) is 25.8 Å². The molecule has 8 nitrogen and oxygen atoms in total. The van der Waals surface area contributed by atoms with Gasteiger partial charge in [-0.2, -0.15) is 0 Å². The second-order valence-corrected chi connectivity index (χ2v) is 12.0. The monoisotopic (exact) mass is 465 g/mol. The van der Waals surface area contributed by atoms with Crippen LogP contribution in [0.2, 0.25) is 0 Å². The first-order chi connectivity index (χ1) is 15.9. The van der Waals surface area contributed by atoms with Crippen molar-refractivity contribution in [1.82, 2.24) is 4.90 Å². The SMILES string of the molecule is CCN1[C@@H]2O[C@H]3CC[C@]2(COC)[C@H]2[C@H](OC)[C@@]4(O)[C@@H]1[C@@]32[C@@H]1C[C@H]2[C@H](O)[C@@H]1[C@]4(OC)C[C@@H]2OC. The van der Waals surface area contributed by atoms with E-state index in [1.807, 2.05) is 0 Å². The highest BCUT2D eigenvalue weighted by atomic mass is 16.6. The number of hydrogen-bond acceptors (Lipinski definition) is 8. The highest BCUT2D eigenvalue weighted by molar-refractivity contribution is 5.43. The molecule has 9 rings (SSSR count). The third-order valence-electron chi connectivity index (χ3n) is 11.9. The number of likely N-dealkylation sites (N-methyl/N-ethyl adjacent to an activating group) is 1. The van der Waals surface area contributed by atoms with E-state index >= 15 is 0 Å². The Balaban J connectivity index is 1.56. The van der Waals surface area contributed by atoms with Gasteiger partial charge in [0.1, 0.15) is 17.4 Å². The van der Waals surface area contributed by atoms with Crippen LogP contribution >= 0.6 is 0 Å². The van der Waals surface area contributed by atoms with Crippen LogP contribution in [0.5, 0.6) is 0 Å². The minimum atomic E-state index is -1.29. The molecule has 4 saturated heterocycles. The van der Waals surface area contributed by atoms with Crippen molar-refractivity contribution in [2.24, 2.45) is 34.5 Å². The van der Waals surface area contributed by atoms with E-state index in [2.05, 4.69) is 11.8 Å². The van der Waals surface area contributed by atoms with Crippen molar-refractivity contribution in [3.05, 3.63) is 0 Å². The molecule has 0 radical (unpaired) electrons. The molecular weight excluding hydrogens is 426 g/mol. The number of hydrogen-bond donors (Lipinski definition) is 2. The van der Waals surface area contributed by atoms with Gasteiger partial charge in [-0.3, -0.25) is 4.90 Å². The van der Waals surface area contributed by atoms with E-state index in [0.29, 0.717) is 13.0 Å². The molecule has 8 heteroatoms. The number of rotatable bonds is 6. The summed E-state index contributed by atoms with van der Waals surface area (Å²) in [6, 6.07) is -0.137. The zero-order chi connectivity index (χ0) is 23.1. The lowest BCUT2D eigenvalue weighted by Gasteiger charge is -2.76. The zero-order valence-corrected chi connectivity index (χ0v) is 20.4. The molecule has 33 heavy (non-hydrogen) atoms. The van der Waals surface area contributed by atoms with E-state index in [1.165, 1.54) is 0 Å².